The molecular formula is C18H17N7O. The molecule has 0 saturated heterocycles. The highest BCUT2D eigenvalue weighted by atomic mass is 16.5. The van der Waals surface area contributed by atoms with E-state index >= 15 is 0 Å². The van der Waals surface area contributed by atoms with E-state index in [4.69, 9.17) is 4.52 Å². The first-order chi connectivity index (χ1) is 12.8. The van der Waals surface area contributed by atoms with Crippen LogP contribution in [0.4, 0.5) is 0 Å². The van der Waals surface area contributed by atoms with Crippen LogP contribution in [0.3, 0.4) is 0 Å². The lowest BCUT2D eigenvalue weighted by atomic mass is 10.1. The van der Waals surface area contributed by atoms with Crippen molar-refractivity contribution in [1.29, 1.82) is 0 Å². The van der Waals surface area contributed by atoms with Crippen LogP contribution in [0, 0.1) is 0 Å². The molecule has 4 aromatic rings. The van der Waals surface area contributed by atoms with E-state index in [-0.39, 0.29) is 5.92 Å². The molecular weight excluding hydrogens is 330 g/mol. The molecule has 0 aliphatic heterocycles. The van der Waals surface area contributed by atoms with Crippen LogP contribution in [0.25, 0.3) is 17.4 Å². The second-order valence-electron chi connectivity index (χ2n) is 5.81. The zero-order chi connectivity index (χ0) is 17.9. The van der Waals surface area contributed by atoms with E-state index in [0.29, 0.717) is 23.5 Å². The number of benzene rings is 1. The summed E-state index contributed by atoms with van der Waals surface area (Å²) in [5.74, 6) is 1.89. The zero-order valence-electron chi connectivity index (χ0n) is 14.4. The summed E-state index contributed by atoms with van der Waals surface area (Å²) in [6, 6.07) is 9.83. The highest BCUT2D eigenvalue weighted by molar-refractivity contribution is 5.54. The van der Waals surface area contributed by atoms with Gasteiger partial charge in [0.05, 0.1) is 5.92 Å². The summed E-state index contributed by atoms with van der Waals surface area (Å²) in [4.78, 5) is 17.3. The largest absolute Gasteiger partial charge is 0.334 e. The second kappa shape index (κ2) is 6.83. The fourth-order valence-electron chi connectivity index (χ4n) is 2.67. The molecule has 0 amide bonds. The molecule has 0 radical (unpaired) electrons. The highest BCUT2D eigenvalue weighted by Crippen LogP contribution is 2.25. The Balaban J connectivity index is 1.65. The van der Waals surface area contributed by atoms with Gasteiger partial charge in [0.25, 0.3) is 11.8 Å². The van der Waals surface area contributed by atoms with Gasteiger partial charge >= 0.3 is 0 Å². The molecule has 0 saturated carbocycles. The average molecular weight is 347 g/mol. The van der Waals surface area contributed by atoms with Crippen LogP contribution in [0.1, 0.15) is 37.0 Å². The predicted octanol–water partition coefficient (Wildman–Crippen LogP) is 2.82. The highest BCUT2D eigenvalue weighted by Gasteiger charge is 2.23. The molecule has 3 heterocycles. The van der Waals surface area contributed by atoms with Gasteiger partial charge in [-0.2, -0.15) is 14.8 Å². The minimum absolute atomic E-state index is 0.229. The van der Waals surface area contributed by atoms with Crippen LogP contribution in [0.2, 0.25) is 0 Å². The Labute approximate surface area is 150 Å². The van der Waals surface area contributed by atoms with Crippen molar-refractivity contribution >= 4 is 0 Å². The van der Waals surface area contributed by atoms with Crippen molar-refractivity contribution < 1.29 is 4.52 Å². The Hall–Kier alpha value is -3.42. The van der Waals surface area contributed by atoms with E-state index in [1.165, 1.54) is 11.9 Å². The van der Waals surface area contributed by atoms with E-state index < -0.39 is 0 Å². The maximum Gasteiger partial charge on any atom is 0.257 e. The minimum atomic E-state index is -0.229. The first-order valence-electron chi connectivity index (χ1n) is 8.36. The molecule has 0 aliphatic rings. The SMILES string of the molecule is CCc1cccc(-c2nc(C(C)c3ncnn3-c3ncccn3)no2)c1. The van der Waals surface area contributed by atoms with Gasteiger partial charge in [-0.1, -0.05) is 24.2 Å². The van der Waals surface area contributed by atoms with Crippen LogP contribution >= 0.6 is 0 Å². The Morgan fingerprint density at radius 1 is 1.12 bits per heavy atom. The smallest absolute Gasteiger partial charge is 0.257 e. The Morgan fingerprint density at radius 3 is 2.77 bits per heavy atom. The number of hydrogen-bond donors (Lipinski definition) is 0. The summed E-state index contributed by atoms with van der Waals surface area (Å²) in [6.45, 7) is 4.06. The molecule has 1 atom stereocenters. The molecule has 4 rings (SSSR count). The molecule has 8 nitrogen and oxygen atoms in total. The zero-order valence-corrected chi connectivity index (χ0v) is 14.4. The van der Waals surface area contributed by atoms with Crippen LogP contribution in [-0.2, 0) is 6.42 Å². The number of aromatic nitrogens is 7. The lowest BCUT2D eigenvalue weighted by Crippen LogP contribution is -2.11. The second-order valence-corrected chi connectivity index (χ2v) is 5.81. The summed E-state index contributed by atoms with van der Waals surface area (Å²) in [7, 11) is 0. The number of aryl methyl sites for hydroxylation is 1. The van der Waals surface area contributed by atoms with Crippen molar-refractivity contribution in [2.75, 3.05) is 0 Å². The Bertz CT molecular complexity index is 1010. The van der Waals surface area contributed by atoms with E-state index in [2.05, 4.69) is 49.2 Å². The molecule has 1 unspecified atom stereocenters. The van der Waals surface area contributed by atoms with Gasteiger partial charge in [0.2, 0.25) is 0 Å². The molecule has 0 aliphatic carbocycles. The summed E-state index contributed by atoms with van der Waals surface area (Å²) in [5, 5.41) is 8.35. The Kier molecular flexibility index (Phi) is 4.22. The maximum absolute atomic E-state index is 5.47. The van der Waals surface area contributed by atoms with E-state index in [0.717, 1.165) is 12.0 Å². The molecule has 3 aromatic heterocycles. The Morgan fingerprint density at radius 2 is 1.96 bits per heavy atom. The normalized spacial score (nSPS) is 12.2. The van der Waals surface area contributed by atoms with Crippen molar-refractivity contribution in [1.82, 2.24) is 34.9 Å². The van der Waals surface area contributed by atoms with E-state index in [1.54, 1.807) is 23.1 Å². The van der Waals surface area contributed by atoms with Gasteiger partial charge < -0.3 is 4.52 Å². The van der Waals surface area contributed by atoms with Crippen molar-refractivity contribution in [3.8, 4) is 17.4 Å². The molecule has 26 heavy (non-hydrogen) atoms. The molecule has 0 fully saturated rings. The van der Waals surface area contributed by atoms with Crippen molar-refractivity contribution in [2.24, 2.45) is 0 Å². The molecule has 0 spiro atoms. The summed E-state index contributed by atoms with van der Waals surface area (Å²) in [5.41, 5.74) is 2.12. The van der Waals surface area contributed by atoms with Gasteiger partial charge in [0.1, 0.15) is 12.2 Å². The quantitative estimate of drug-likeness (QED) is 0.548. The standard InChI is InChI=1S/C18H17N7O/c1-3-13-6-4-7-14(10-13)17-23-15(24-26-17)12(2)16-21-11-22-25(16)18-19-8-5-9-20-18/h4-12H,3H2,1-2H3. The molecule has 8 heteroatoms. The van der Waals surface area contributed by atoms with Gasteiger partial charge in [0, 0.05) is 18.0 Å². The molecule has 0 N–H and O–H groups in total. The van der Waals surface area contributed by atoms with E-state index in [9.17, 15) is 0 Å². The number of hydrogen-bond acceptors (Lipinski definition) is 7. The fourth-order valence-corrected chi connectivity index (χ4v) is 2.67. The molecule has 130 valence electrons. The average Bonchev–Trinajstić information content (AvgIpc) is 3.38. The maximum atomic E-state index is 5.47. The van der Waals surface area contributed by atoms with Crippen LogP contribution in [-0.4, -0.2) is 34.9 Å². The van der Waals surface area contributed by atoms with Crippen molar-refractivity contribution in [2.45, 2.75) is 26.2 Å². The lowest BCUT2D eigenvalue weighted by molar-refractivity contribution is 0.419. The van der Waals surface area contributed by atoms with Crippen LogP contribution in [0.15, 0.2) is 53.6 Å². The first kappa shape index (κ1) is 16.1. The predicted molar refractivity (Wildman–Crippen MR) is 93.6 cm³/mol. The fraction of sp³-hybridized carbons (Fsp3) is 0.222. The van der Waals surface area contributed by atoms with Crippen LogP contribution < -0.4 is 0 Å². The summed E-state index contributed by atoms with van der Waals surface area (Å²) in [6.07, 6.45) is 5.73. The molecule has 1 aromatic carbocycles. The minimum Gasteiger partial charge on any atom is -0.334 e. The summed E-state index contributed by atoms with van der Waals surface area (Å²) < 4.78 is 7.05. The van der Waals surface area contributed by atoms with Crippen molar-refractivity contribution in [3.05, 3.63) is 66.3 Å². The first-order valence-corrected chi connectivity index (χ1v) is 8.36. The van der Waals surface area contributed by atoms with Gasteiger partial charge in [-0.3, -0.25) is 0 Å². The topological polar surface area (TPSA) is 95.4 Å². The van der Waals surface area contributed by atoms with Gasteiger partial charge in [-0.15, -0.1) is 0 Å². The van der Waals surface area contributed by atoms with Gasteiger partial charge in [-0.05, 0) is 37.1 Å². The third kappa shape index (κ3) is 2.97. The van der Waals surface area contributed by atoms with Gasteiger partial charge in [-0.25, -0.2) is 15.0 Å². The monoisotopic (exact) mass is 347 g/mol. The molecule has 0 bridgehead atoms. The number of rotatable bonds is 5. The van der Waals surface area contributed by atoms with Crippen molar-refractivity contribution in [3.63, 3.8) is 0 Å². The third-order valence-corrected chi connectivity index (χ3v) is 4.11. The lowest BCUT2D eigenvalue weighted by Gasteiger charge is -2.07. The van der Waals surface area contributed by atoms with Crippen LogP contribution in [0.5, 0.6) is 0 Å². The van der Waals surface area contributed by atoms with Gasteiger partial charge in [0.15, 0.2) is 5.82 Å². The third-order valence-electron chi connectivity index (χ3n) is 4.11. The summed E-state index contributed by atoms with van der Waals surface area (Å²) >= 11 is 0. The number of nitrogens with zero attached hydrogens (tertiary/aromatic N) is 7. The van der Waals surface area contributed by atoms with E-state index in [1.807, 2.05) is 19.1 Å².